The van der Waals surface area contributed by atoms with Gasteiger partial charge in [-0.2, -0.15) is 0 Å². The molecule has 1 aromatic rings. The van der Waals surface area contributed by atoms with E-state index in [1.807, 2.05) is 0 Å². The van der Waals surface area contributed by atoms with Crippen LogP contribution in [0.4, 0.5) is 4.39 Å². The molecule has 1 unspecified atom stereocenters. The van der Waals surface area contributed by atoms with Crippen molar-refractivity contribution in [2.45, 2.75) is 44.6 Å². The molecule has 3 N–H and O–H groups in total. The maximum Gasteiger partial charge on any atom is 0.224 e. The molecule has 0 aromatic heterocycles. The topological polar surface area (TPSA) is 55.1 Å². The zero-order valence-electron chi connectivity index (χ0n) is 12.2. The molecule has 5 heteroatoms. The monoisotopic (exact) mass is 314 g/mol. The number of nitrogens with two attached hydrogens (primary N) is 1. The molecule has 0 saturated heterocycles. The smallest absolute Gasteiger partial charge is 0.224 e. The fourth-order valence-corrected chi connectivity index (χ4v) is 2.95. The Kier molecular flexibility index (Phi) is 7.68. The molecule has 21 heavy (non-hydrogen) atoms. The molecule has 0 spiro atoms. The number of carbonyl (C=O) groups excluding carboxylic acids is 1. The van der Waals surface area contributed by atoms with Gasteiger partial charge in [0.05, 0.1) is 6.42 Å². The first-order valence-electron chi connectivity index (χ1n) is 7.43. The summed E-state index contributed by atoms with van der Waals surface area (Å²) in [5.41, 5.74) is 6.62. The molecule has 2 rings (SSSR count). The van der Waals surface area contributed by atoms with Crippen molar-refractivity contribution in [3.8, 4) is 0 Å². The third kappa shape index (κ3) is 5.64. The number of benzene rings is 1. The van der Waals surface area contributed by atoms with Crippen molar-refractivity contribution in [2.75, 3.05) is 6.54 Å². The summed E-state index contributed by atoms with van der Waals surface area (Å²) < 4.78 is 12.8. The fourth-order valence-electron chi connectivity index (χ4n) is 2.95. The Balaban J connectivity index is 0.00000220. The van der Waals surface area contributed by atoms with Crippen molar-refractivity contribution < 1.29 is 9.18 Å². The van der Waals surface area contributed by atoms with Gasteiger partial charge in [-0.15, -0.1) is 12.4 Å². The van der Waals surface area contributed by atoms with Gasteiger partial charge in [-0.1, -0.05) is 31.4 Å². The predicted molar refractivity (Wildman–Crippen MR) is 84.9 cm³/mol. The van der Waals surface area contributed by atoms with Crippen molar-refractivity contribution in [3.63, 3.8) is 0 Å². The average Bonchev–Trinajstić information content (AvgIpc) is 2.48. The minimum atomic E-state index is -0.281. The quantitative estimate of drug-likeness (QED) is 0.878. The minimum absolute atomic E-state index is 0. The lowest BCUT2D eigenvalue weighted by Crippen LogP contribution is -2.46. The van der Waals surface area contributed by atoms with E-state index in [0.29, 0.717) is 12.5 Å². The normalized spacial score (nSPS) is 16.9. The summed E-state index contributed by atoms with van der Waals surface area (Å²) in [5.74, 6) is 0.194. The lowest BCUT2D eigenvalue weighted by molar-refractivity contribution is -0.121. The lowest BCUT2D eigenvalue weighted by Gasteiger charge is -2.30. The number of rotatable bonds is 5. The third-order valence-corrected chi connectivity index (χ3v) is 4.10. The summed E-state index contributed by atoms with van der Waals surface area (Å²) in [6.07, 6.45) is 6.34. The SMILES string of the molecule is Cl.NCC(NC(=O)Cc1ccc(F)cc1)C1CCCCC1. The Morgan fingerprint density at radius 3 is 2.43 bits per heavy atom. The van der Waals surface area contributed by atoms with E-state index in [1.165, 1.54) is 31.4 Å². The van der Waals surface area contributed by atoms with Crippen LogP contribution in [0.3, 0.4) is 0 Å². The maximum atomic E-state index is 12.8. The van der Waals surface area contributed by atoms with Crippen molar-refractivity contribution in [2.24, 2.45) is 11.7 Å². The lowest BCUT2D eigenvalue weighted by atomic mass is 9.84. The van der Waals surface area contributed by atoms with E-state index >= 15 is 0 Å². The molecule has 1 fully saturated rings. The second kappa shape index (κ2) is 9.00. The number of halogens is 2. The van der Waals surface area contributed by atoms with Crippen LogP contribution in [0.25, 0.3) is 0 Å². The van der Waals surface area contributed by atoms with Crippen LogP contribution in [0.15, 0.2) is 24.3 Å². The van der Waals surface area contributed by atoms with Gasteiger partial charge in [0, 0.05) is 12.6 Å². The van der Waals surface area contributed by atoms with Crippen molar-refractivity contribution in [1.29, 1.82) is 0 Å². The van der Waals surface area contributed by atoms with Gasteiger partial charge in [-0.25, -0.2) is 4.39 Å². The van der Waals surface area contributed by atoms with Crippen LogP contribution in [-0.4, -0.2) is 18.5 Å². The summed E-state index contributed by atoms with van der Waals surface area (Å²) >= 11 is 0. The van der Waals surface area contributed by atoms with E-state index in [9.17, 15) is 9.18 Å². The molecule has 1 saturated carbocycles. The molecule has 0 heterocycles. The van der Waals surface area contributed by atoms with Crippen LogP contribution >= 0.6 is 12.4 Å². The molecule has 0 radical (unpaired) electrons. The van der Waals surface area contributed by atoms with Crippen LogP contribution in [0, 0.1) is 11.7 Å². The Hall–Kier alpha value is -1.13. The van der Waals surface area contributed by atoms with Gasteiger partial charge in [-0.05, 0) is 36.5 Å². The molecule has 3 nitrogen and oxygen atoms in total. The second-order valence-corrected chi connectivity index (χ2v) is 5.61. The highest BCUT2D eigenvalue weighted by Gasteiger charge is 2.23. The molecule has 1 aromatic carbocycles. The molecular formula is C16H24ClFN2O. The van der Waals surface area contributed by atoms with E-state index in [-0.39, 0.29) is 36.6 Å². The first kappa shape index (κ1) is 17.9. The highest BCUT2D eigenvalue weighted by atomic mass is 35.5. The fraction of sp³-hybridized carbons (Fsp3) is 0.562. The molecule has 1 aliphatic rings. The van der Waals surface area contributed by atoms with Gasteiger partial charge in [0.2, 0.25) is 5.91 Å². The third-order valence-electron chi connectivity index (χ3n) is 4.10. The van der Waals surface area contributed by atoms with Gasteiger partial charge < -0.3 is 11.1 Å². The van der Waals surface area contributed by atoms with Gasteiger partial charge in [0.15, 0.2) is 0 Å². The zero-order valence-corrected chi connectivity index (χ0v) is 13.0. The largest absolute Gasteiger partial charge is 0.352 e. The Morgan fingerprint density at radius 2 is 1.86 bits per heavy atom. The minimum Gasteiger partial charge on any atom is -0.352 e. The average molecular weight is 315 g/mol. The van der Waals surface area contributed by atoms with E-state index < -0.39 is 0 Å². The molecule has 1 amide bonds. The first-order valence-corrected chi connectivity index (χ1v) is 7.43. The van der Waals surface area contributed by atoms with Gasteiger partial charge in [0.25, 0.3) is 0 Å². The van der Waals surface area contributed by atoms with Crippen LogP contribution < -0.4 is 11.1 Å². The first-order chi connectivity index (χ1) is 9.69. The summed E-state index contributed by atoms with van der Waals surface area (Å²) in [6.45, 7) is 0.486. The van der Waals surface area contributed by atoms with Crippen molar-refractivity contribution in [1.82, 2.24) is 5.32 Å². The van der Waals surface area contributed by atoms with Crippen molar-refractivity contribution in [3.05, 3.63) is 35.6 Å². The Bertz CT molecular complexity index is 432. The highest BCUT2D eigenvalue weighted by molar-refractivity contribution is 5.85. The van der Waals surface area contributed by atoms with E-state index in [1.54, 1.807) is 12.1 Å². The number of amides is 1. The number of hydrogen-bond acceptors (Lipinski definition) is 2. The van der Waals surface area contributed by atoms with Crippen LogP contribution in [0.5, 0.6) is 0 Å². The Labute approximate surface area is 131 Å². The molecule has 118 valence electrons. The Morgan fingerprint density at radius 1 is 1.24 bits per heavy atom. The predicted octanol–water partition coefficient (Wildman–Crippen LogP) is 2.81. The van der Waals surface area contributed by atoms with Crippen LogP contribution in [0.2, 0.25) is 0 Å². The molecular weight excluding hydrogens is 291 g/mol. The summed E-state index contributed by atoms with van der Waals surface area (Å²) in [7, 11) is 0. The molecule has 1 atom stereocenters. The van der Waals surface area contributed by atoms with E-state index in [4.69, 9.17) is 5.73 Å². The highest BCUT2D eigenvalue weighted by Crippen LogP contribution is 2.26. The van der Waals surface area contributed by atoms with Gasteiger partial charge in [0.1, 0.15) is 5.82 Å². The molecule has 1 aliphatic carbocycles. The maximum absolute atomic E-state index is 12.8. The summed E-state index contributed by atoms with van der Waals surface area (Å²) in [5, 5.41) is 3.04. The van der Waals surface area contributed by atoms with Gasteiger partial charge in [-0.3, -0.25) is 4.79 Å². The summed E-state index contributed by atoms with van der Waals surface area (Å²) in [6, 6.07) is 6.12. The number of nitrogens with one attached hydrogen (secondary N) is 1. The summed E-state index contributed by atoms with van der Waals surface area (Å²) in [4.78, 5) is 12.0. The van der Waals surface area contributed by atoms with Crippen LogP contribution in [-0.2, 0) is 11.2 Å². The van der Waals surface area contributed by atoms with E-state index in [0.717, 1.165) is 18.4 Å². The zero-order chi connectivity index (χ0) is 14.4. The van der Waals surface area contributed by atoms with E-state index in [2.05, 4.69) is 5.32 Å². The number of carbonyl (C=O) groups is 1. The second-order valence-electron chi connectivity index (χ2n) is 5.61. The van der Waals surface area contributed by atoms with Crippen LogP contribution in [0.1, 0.15) is 37.7 Å². The van der Waals surface area contributed by atoms with Gasteiger partial charge >= 0.3 is 0 Å². The molecule has 0 bridgehead atoms. The standard InChI is InChI=1S/C16H23FN2O.ClH/c17-14-8-6-12(7-9-14)10-16(20)19-15(11-18)13-4-2-1-3-5-13;/h6-9,13,15H,1-5,10-11,18H2,(H,19,20);1H. The molecule has 0 aliphatic heterocycles. The van der Waals surface area contributed by atoms with Crippen molar-refractivity contribution >= 4 is 18.3 Å². The number of hydrogen-bond donors (Lipinski definition) is 2.